The summed E-state index contributed by atoms with van der Waals surface area (Å²) in [7, 11) is 0. The SMILES string of the molecule is O=C(O)CC(Cc1cccc(F)c1)c1ccc(Oc2ccccc2)cc1. The van der Waals surface area contributed by atoms with Crippen molar-refractivity contribution in [3.63, 3.8) is 0 Å². The standard InChI is InChI=1S/C22H19FO3/c23-19-6-4-5-16(14-19)13-18(15-22(24)25)17-9-11-21(12-10-17)26-20-7-2-1-3-8-20/h1-12,14,18H,13,15H2,(H,24,25). The maximum absolute atomic E-state index is 13.4. The van der Waals surface area contributed by atoms with Gasteiger partial charge in [0, 0.05) is 0 Å². The Morgan fingerprint density at radius 1 is 0.923 bits per heavy atom. The van der Waals surface area contributed by atoms with Crippen molar-refractivity contribution in [2.75, 3.05) is 0 Å². The molecular formula is C22H19FO3. The summed E-state index contributed by atoms with van der Waals surface area (Å²) in [5, 5.41) is 9.23. The average Bonchev–Trinajstić information content (AvgIpc) is 2.62. The second kappa shape index (κ2) is 8.30. The predicted octanol–water partition coefficient (Wildman–Crippen LogP) is 5.42. The quantitative estimate of drug-likeness (QED) is 0.619. The van der Waals surface area contributed by atoms with Gasteiger partial charge in [0.2, 0.25) is 0 Å². The summed E-state index contributed by atoms with van der Waals surface area (Å²) < 4.78 is 19.2. The monoisotopic (exact) mass is 350 g/mol. The van der Waals surface area contributed by atoms with Crippen LogP contribution < -0.4 is 4.74 Å². The van der Waals surface area contributed by atoms with E-state index in [0.717, 1.165) is 16.9 Å². The molecule has 0 spiro atoms. The van der Waals surface area contributed by atoms with Crippen molar-refractivity contribution in [1.82, 2.24) is 0 Å². The topological polar surface area (TPSA) is 46.5 Å². The van der Waals surface area contributed by atoms with Crippen LogP contribution in [0.2, 0.25) is 0 Å². The molecule has 0 aromatic heterocycles. The van der Waals surface area contributed by atoms with E-state index >= 15 is 0 Å². The van der Waals surface area contributed by atoms with Crippen LogP contribution in [0.15, 0.2) is 78.9 Å². The van der Waals surface area contributed by atoms with Crippen molar-refractivity contribution in [3.8, 4) is 11.5 Å². The minimum atomic E-state index is -0.879. The van der Waals surface area contributed by atoms with Crippen molar-refractivity contribution in [2.45, 2.75) is 18.8 Å². The summed E-state index contributed by atoms with van der Waals surface area (Å²) >= 11 is 0. The van der Waals surface area contributed by atoms with Crippen molar-refractivity contribution in [2.24, 2.45) is 0 Å². The van der Waals surface area contributed by atoms with Crippen LogP contribution in [0.5, 0.6) is 11.5 Å². The Bertz CT molecular complexity index is 860. The van der Waals surface area contributed by atoms with E-state index in [2.05, 4.69) is 0 Å². The van der Waals surface area contributed by atoms with Gasteiger partial charge in [-0.1, -0.05) is 42.5 Å². The number of carboxylic acids is 1. The van der Waals surface area contributed by atoms with E-state index in [4.69, 9.17) is 4.74 Å². The lowest BCUT2D eigenvalue weighted by Crippen LogP contribution is -2.09. The zero-order chi connectivity index (χ0) is 18.4. The van der Waals surface area contributed by atoms with Crippen LogP contribution in [0.4, 0.5) is 4.39 Å². The molecule has 1 N–H and O–H groups in total. The number of hydrogen-bond acceptors (Lipinski definition) is 2. The number of hydrogen-bond donors (Lipinski definition) is 1. The van der Waals surface area contributed by atoms with Gasteiger partial charge in [-0.15, -0.1) is 0 Å². The molecule has 3 aromatic rings. The van der Waals surface area contributed by atoms with Crippen LogP contribution in [-0.2, 0) is 11.2 Å². The molecule has 3 rings (SSSR count). The van der Waals surface area contributed by atoms with Crippen LogP contribution >= 0.6 is 0 Å². The largest absolute Gasteiger partial charge is 0.481 e. The van der Waals surface area contributed by atoms with Gasteiger partial charge in [0.05, 0.1) is 6.42 Å². The van der Waals surface area contributed by atoms with Crippen molar-refractivity contribution in [3.05, 3.63) is 95.8 Å². The second-order valence-corrected chi connectivity index (χ2v) is 6.11. The second-order valence-electron chi connectivity index (χ2n) is 6.11. The fourth-order valence-electron chi connectivity index (χ4n) is 2.90. The predicted molar refractivity (Wildman–Crippen MR) is 98.1 cm³/mol. The summed E-state index contributed by atoms with van der Waals surface area (Å²) in [5.74, 6) is -0.0128. The molecule has 0 amide bonds. The summed E-state index contributed by atoms with van der Waals surface area (Å²) in [6.07, 6.45) is 0.443. The molecule has 3 aromatic carbocycles. The molecule has 1 unspecified atom stereocenters. The van der Waals surface area contributed by atoms with Crippen LogP contribution in [0.1, 0.15) is 23.5 Å². The highest BCUT2D eigenvalue weighted by Crippen LogP contribution is 2.28. The highest BCUT2D eigenvalue weighted by atomic mass is 19.1. The molecule has 0 radical (unpaired) electrons. The van der Waals surface area contributed by atoms with E-state index in [1.165, 1.54) is 12.1 Å². The first-order valence-corrected chi connectivity index (χ1v) is 8.39. The third kappa shape index (κ3) is 4.93. The number of para-hydroxylation sites is 1. The first-order valence-electron chi connectivity index (χ1n) is 8.39. The molecule has 0 saturated carbocycles. The molecule has 0 aliphatic carbocycles. The number of benzene rings is 3. The Balaban J connectivity index is 1.76. The van der Waals surface area contributed by atoms with Crippen LogP contribution in [-0.4, -0.2) is 11.1 Å². The van der Waals surface area contributed by atoms with Crippen molar-refractivity contribution < 1.29 is 19.0 Å². The molecule has 0 heterocycles. The van der Waals surface area contributed by atoms with E-state index in [1.807, 2.05) is 60.7 Å². The zero-order valence-corrected chi connectivity index (χ0v) is 14.1. The number of ether oxygens (including phenoxy) is 1. The molecule has 132 valence electrons. The van der Waals surface area contributed by atoms with E-state index in [-0.39, 0.29) is 18.2 Å². The maximum atomic E-state index is 13.4. The fourth-order valence-corrected chi connectivity index (χ4v) is 2.90. The van der Waals surface area contributed by atoms with Gasteiger partial charge in [-0.3, -0.25) is 4.79 Å². The third-order valence-corrected chi connectivity index (χ3v) is 4.12. The molecule has 0 aliphatic heterocycles. The van der Waals surface area contributed by atoms with E-state index in [0.29, 0.717) is 12.2 Å². The Kier molecular flexibility index (Phi) is 5.64. The number of carboxylic acid groups (broad SMARTS) is 1. The first kappa shape index (κ1) is 17.7. The molecule has 0 saturated heterocycles. The maximum Gasteiger partial charge on any atom is 0.303 e. The first-order chi connectivity index (χ1) is 12.6. The van der Waals surface area contributed by atoms with Gasteiger partial charge in [-0.05, 0) is 59.9 Å². The molecule has 4 heteroatoms. The van der Waals surface area contributed by atoms with Gasteiger partial charge < -0.3 is 9.84 Å². The van der Waals surface area contributed by atoms with Gasteiger partial charge in [0.15, 0.2) is 0 Å². The van der Waals surface area contributed by atoms with Crippen molar-refractivity contribution in [1.29, 1.82) is 0 Å². The van der Waals surface area contributed by atoms with Crippen LogP contribution in [0.25, 0.3) is 0 Å². The Hall–Kier alpha value is -3.14. The summed E-state index contributed by atoms with van der Waals surface area (Å²) in [6.45, 7) is 0. The van der Waals surface area contributed by atoms with Gasteiger partial charge in [0.25, 0.3) is 0 Å². The van der Waals surface area contributed by atoms with Crippen molar-refractivity contribution >= 4 is 5.97 Å². The smallest absolute Gasteiger partial charge is 0.303 e. The van der Waals surface area contributed by atoms with E-state index < -0.39 is 5.97 Å². The zero-order valence-electron chi connectivity index (χ0n) is 14.1. The number of rotatable bonds is 7. The minimum absolute atomic E-state index is 0.0184. The molecule has 0 aliphatic rings. The lowest BCUT2D eigenvalue weighted by atomic mass is 9.89. The number of halogens is 1. The van der Waals surface area contributed by atoms with Gasteiger partial charge in [-0.2, -0.15) is 0 Å². The molecule has 1 atom stereocenters. The molecule has 26 heavy (non-hydrogen) atoms. The highest BCUT2D eigenvalue weighted by molar-refractivity contribution is 5.68. The van der Waals surface area contributed by atoms with Gasteiger partial charge in [0.1, 0.15) is 17.3 Å². The van der Waals surface area contributed by atoms with E-state index in [9.17, 15) is 14.3 Å². The van der Waals surface area contributed by atoms with Gasteiger partial charge in [-0.25, -0.2) is 4.39 Å². The summed E-state index contributed by atoms with van der Waals surface area (Å²) in [6, 6.07) is 23.1. The van der Waals surface area contributed by atoms with E-state index in [1.54, 1.807) is 6.07 Å². The lowest BCUT2D eigenvalue weighted by Gasteiger charge is -2.16. The summed E-state index contributed by atoms with van der Waals surface area (Å²) in [5.41, 5.74) is 1.66. The number of carbonyl (C=O) groups is 1. The Morgan fingerprint density at radius 2 is 1.62 bits per heavy atom. The Labute approximate surface area is 151 Å². The van der Waals surface area contributed by atoms with Crippen LogP contribution in [0.3, 0.4) is 0 Å². The normalized spacial score (nSPS) is 11.7. The molecule has 0 fully saturated rings. The van der Waals surface area contributed by atoms with Crippen LogP contribution in [0, 0.1) is 5.82 Å². The lowest BCUT2D eigenvalue weighted by molar-refractivity contribution is -0.137. The molecule has 3 nitrogen and oxygen atoms in total. The third-order valence-electron chi connectivity index (χ3n) is 4.12. The number of aliphatic carboxylic acids is 1. The van der Waals surface area contributed by atoms with Gasteiger partial charge >= 0.3 is 5.97 Å². The summed E-state index contributed by atoms with van der Waals surface area (Å²) in [4.78, 5) is 11.2. The highest BCUT2D eigenvalue weighted by Gasteiger charge is 2.17. The molecule has 0 bridgehead atoms. The Morgan fingerprint density at radius 3 is 2.27 bits per heavy atom. The fraction of sp³-hybridized carbons (Fsp3) is 0.136. The average molecular weight is 350 g/mol. The minimum Gasteiger partial charge on any atom is -0.481 e. The molecular weight excluding hydrogens is 331 g/mol.